The maximum absolute atomic E-state index is 12.9. The molecule has 2 atom stereocenters. The minimum Gasteiger partial charge on any atom is -0.373 e. The molecular formula is C16H26N4O2. The predicted molar refractivity (Wildman–Crippen MR) is 83.3 cm³/mol. The van der Waals surface area contributed by atoms with Gasteiger partial charge >= 0.3 is 0 Å². The van der Waals surface area contributed by atoms with Crippen LogP contribution in [0.2, 0.25) is 0 Å². The molecular weight excluding hydrogens is 280 g/mol. The number of aryl methyl sites for hydroxylation is 1. The number of hydrogen-bond acceptors (Lipinski definition) is 4. The fourth-order valence-electron chi connectivity index (χ4n) is 3.45. The maximum Gasteiger partial charge on any atom is 0.228 e. The standard InChI is InChI=1S/C16H26N4O2/c1-12(2)19-5-7-20(8-6-19)16(21)14-4-9-22-15(14)13-10-17-18(3)11-13/h10-12,14-15H,4-9H2,1-3H3/t14-,15+/m0/s1. The van der Waals surface area contributed by atoms with Gasteiger partial charge in [-0.25, -0.2) is 0 Å². The molecule has 3 heterocycles. The van der Waals surface area contributed by atoms with Gasteiger partial charge in [-0.2, -0.15) is 5.10 Å². The average Bonchev–Trinajstić information content (AvgIpc) is 3.15. The smallest absolute Gasteiger partial charge is 0.228 e. The van der Waals surface area contributed by atoms with Crippen LogP contribution >= 0.6 is 0 Å². The molecule has 0 N–H and O–H groups in total. The van der Waals surface area contributed by atoms with E-state index in [-0.39, 0.29) is 17.9 Å². The van der Waals surface area contributed by atoms with E-state index in [0.29, 0.717) is 12.6 Å². The number of aromatic nitrogens is 2. The Morgan fingerprint density at radius 3 is 2.64 bits per heavy atom. The quantitative estimate of drug-likeness (QED) is 0.837. The van der Waals surface area contributed by atoms with E-state index in [1.807, 2.05) is 24.3 Å². The number of hydrogen-bond donors (Lipinski definition) is 0. The van der Waals surface area contributed by atoms with E-state index in [2.05, 4.69) is 23.8 Å². The minimum absolute atomic E-state index is 0.0604. The van der Waals surface area contributed by atoms with Gasteiger partial charge in [0.2, 0.25) is 5.91 Å². The van der Waals surface area contributed by atoms with Crippen LogP contribution in [-0.2, 0) is 16.6 Å². The molecule has 1 aromatic heterocycles. The molecule has 22 heavy (non-hydrogen) atoms. The van der Waals surface area contributed by atoms with E-state index in [1.165, 1.54) is 0 Å². The van der Waals surface area contributed by atoms with Crippen molar-refractivity contribution in [1.29, 1.82) is 0 Å². The Hall–Kier alpha value is -1.40. The SMILES string of the molecule is CC(C)N1CCN(C(=O)[C@H]2CCO[C@@H]2c2cnn(C)c2)CC1. The molecule has 0 radical (unpaired) electrons. The van der Waals surface area contributed by atoms with Crippen LogP contribution in [0.3, 0.4) is 0 Å². The summed E-state index contributed by atoms with van der Waals surface area (Å²) in [6.07, 6.45) is 4.44. The van der Waals surface area contributed by atoms with Crippen LogP contribution in [0.15, 0.2) is 12.4 Å². The summed E-state index contributed by atoms with van der Waals surface area (Å²) in [6.45, 7) is 8.66. The number of piperazine rings is 1. The van der Waals surface area contributed by atoms with Crippen LogP contribution in [0.25, 0.3) is 0 Å². The Bertz CT molecular complexity index is 520. The molecule has 6 heteroatoms. The largest absolute Gasteiger partial charge is 0.373 e. The number of ether oxygens (including phenoxy) is 1. The number of rotatable bonds is 3. The van der Waals surface area contributed by atoms with E-state index < -0.39 is 0 Å². The molecule has 0 spiro atoms. The average molecular weight is 306 g/mol. The highest BCUT2D eigenvalue weighted by Crippen LogP contribution is 2.35. The highest BCUT2D eigenvalue weighted by molar-refractivity contribution is 5.80. The van der Waals surface area contributed by atoms with Crippen molar-refractivity contribution < 1.29 is 9.53 Å². The third kappa shape index (κ3) is 3.03. The van der Waals surface area contributed by atoms with Gasteiger partial charge in [0.15, 0.2) is 0 Å². The highest BCUT2D eigenvalue weighted by atomic mass is 16.5. The van der Waals surface area contributed by atoms with Crippen molar-refractivity contribution in [2.75, 3.05) is 32.8 Å². The molecule has 2 fully saturated rings. The molecule has 2 aliphatic rings. The number of nitrogens with zero attached hydrogens (tertiary/aromatic N) is 4. The molecule has 0 unspecified atom stereocenters. The summed E-state index contributed by atoms with van der Waals surface area (Å²) in [7, 11) is 1.89. The molecule has 0 saturated carbocycles. The first-order valence-electron chi connectivity index (χ1n) is 8.19. The molecule has 2 aliphatic heterocycles. The van der Waals surface area contributed by atoms with E-state index >= 15 is 0 Å². The monoisotopic (exact) mass is 306 g/mol. The lowest BCUT2D eigenvalue weighted by Crippen LogP contribution is -2.52. The number of carbonyl (C=O) groups excluding carboxylic acids is 1. The fourth-order valence-corrected chi connectivity index (χ4v) is 3.45. The summed E-state index contributed by atoms with van der Waals surface area (Å²) in [5, 5.41) is 4.20. The first-order valence-corrected chi connectivity index (χ1v) is 8.19. The van der Waals surface area contributed by atoms with Crippen molar-refractivity contribution in [3.05, 3.63) is 18.0 Å². The number of carbonyl (C=O) groups is 1. The van der Waals surface area contributed by atoms with Crippen LogP contribution in [0.5, 0.6) is 0 Å². The third-order valence-electron chi connectivity index (χ3n) is 4.82. The van der Waals surface area contributed by atoms with Gasteiger partial charge in [-0.05, 0) is 20.3 Å². The molecule has 122 valence electrons. The zero-order chi connectivity index (χ0) is 15.7. The Morgan fingerprint density at radius 1 is 1.32 bits per heavy atom. The molecule has 3 rings (SSSR count). The molecule has 0 bridgehead atoms. The molecule has 6 nitrogen and oxygen atoms in total. The first kappa shape index (κ1) is 15.5. The molecule has 0 aliphatic carbocycles. The van der Waals surface area contributed by atoms with Crippen LogP contribution in [0.4, 0.5) is 0 Å². The van der Waals surface area contributed by atoms with Gasteiger partial charge in [-0.15, -0.1) is 0 Å². The van der Waals surface area contributed by atoms with Gasteiger partial charge in [0.05, 0.1) is 18.2 Å². The van der Waals surface area contributed by atoms with Crippen molar-refractivity contribution >= 4 is 5.91 Å². The van der Waals surface area contributed by atoms with Gasteiger partial charge in [0.25, 0.3) is 0 Å². The zero-order valence-corrected chi connectivity index (χ0v) is 13.7. The summed E-state index contributed by atoms with van der Waals surface area (Å²) in [6, 6.07) is 0.551. The summed E-state index contributed by atoms with van der Waals surface area (Å²) >= 11 is 0. The van der Waals surface area contributed by atoms with Gasteiger partial charge in [0, 0.05) is 57.6 Å². The molecule has 1 aromatic rings. The lowest BCUT2D eigenvalue weighted by atomic mass is 9.95. The zero-order valence-electron chi connectivity index (χ0n) is 13.7. The van der Waals surface area contributed by atoms with Crippen molar-refractivity contribution in [3.8, 4) is 0 Å². The van der Waals surface area contributed by atoms with E-state index in [1.54, 1.807) is 4.68 Å². The Balaban J connectivity index is 1.64. The van der Waals surface area contributed by atoms with Gasteiger partial charge < -0.3 is 9.64 Å². The second-order valence-corrected chi connectivity index (χ2v) is 6.59. The van der Waals surface area contributed by atoms with Crippen molar-refractivity contribution in [3.63, 3.8) is 0 Å². The second-order valence-electron chi connectivity index (χ2n) is 6.59. The lowest BCUT2D eigenvalue weighted by Gasteiger charge is -2.38. The second kappa shape index (κ2) is 6.38. The fraction of sp³-hybridized carbons (Fsp3) is 0.750. The van der Waals surface area contributed by atoms with Gasteiger partial charge in [0.1, 0.15) is 0 Å². The Labute approximate surface area is 132 Å². The van der Waals surface area contributed by atoms with Crippen molar-refractivity contribution in [2.45, 2.75) is 32.4 Å². The maximum atomic E-state index is 12.9. The predicted octanol–water partition coefficient (Wildman–Crippen LogP) is 1.05. The van der Waals surface area contributed by atoms with E-state index in [0.717, 1.165) is 38.2 Å². The van der Waals surface area contributed by atoms with Crippen molar-refractivity contribution in [1.82, 2.24) is 19.6 Å². The van der Waals surface area contributed by atoms with Gasteiger partial charge in [-0.1, -0.05) is 0 Å². The van der Waals surface area contributed by atoms with Crippen molar-refractivity contribution in [2.24, 2.45) is 13.0 Å². The van der Waals surface area contributed by atoms with Crippen LogP contribution in [-0.4, -0.2) is 64.3 Å². The normalized spacial score (nSPS) is 26.8. The minimum atomic E-state index is -0.135. The van der Waals surface area contributed by atoms with Crippen LogP contribution < -0.4 is 0 Å². The molecule has 2 saturated heterocycles. The number of amides is 1. The van der Waals surface area contributed by atoms with Crippen LogP contribution in [0, 0.1) is 5.92 Å². The lowest BCUT2D eigenvalue weighted by molar-refractivity contribution is -0.139. The Morgan fingerprint density at radius 2 is 2.05 bits per heavy atom. The summed E-state index contributed by atoms with van der Waals surface area (Å²) in [4.78, 5) is 17.3. The van der Waals surface area contributed by atoms with E-state index in [4.69, 9.17) is 4.74 Å². The summed E-state index contributed by atoms with van der Waals surface area (Å²) < 4.78 is 7.59. The van der Waals surface area contributed by atoms with E-state index in [9.17, 15) is 4.79 Å². The summed E-state index contributed by atoms with van der Waals surface area (Å²) in [5.41, 5.74) is 1.01. The molecule has 1 amide bonds. The highest BCUT2D eigenvalue weighted by Gasteiger charge is 2.38. The molecule has 0 aromatic carbocycles. The van der Waals surface area contributed by atoms with Crippen LogP contribution in [0.1, 0.15) is 31.9 Å². The summed E-state index contributed by atoms with van der Waals surface area (Å²) in [5.74, 6) is 0.185. The third-order valence-corrected chi connectivity index (χ3v) is 4.82. The van der Waals surface area contributed by atoms with Gasteiger partial charge in [-0.3, -0.25) is 14.4 Å². The topological polar surface area (TPSA) is 50.6 Å². The first-order chi connectivity index (χ1) is 10.6. The Kier molecular flexibility index (Phi) is 4.49.